The Kier molecular flexibility index (Phi) is 4.84. The average Bonchev–Trinajstić information content (AvgIpc) is 3.23. The van der Waals surface area contributed by atoms with E-state index >= 15 is 0 Å². The van der Waals surface area contributed by atoms with Gasteiger partial charge < -0.3 is 15.4 Å². The van der Waals surface area contributed by atoms with Gasteiger partial charge in [0.25, 0.3) is 0 Å². The molecule has 0 saturated carbocycles. The number of aromatic nitrogens is 4. The summed E-state index contributed by atoms with van der Waals surface area (Å²) in [5.74, 6) is -0.444. The first-order valence-electron chi connectivity index (χ1n) is 7.64. The third-order valence-electron chi connectivity index (χ3n) is 3.49. The lowest BCUT2D eigenvalue weighted by Crippen LogP contribution is -2.14. The predicted octanol–water partition coefficient (Wildman–Crippen LogP) is 2.06. The molecule has 0 fully saturated rings. The van der Waals surface area contributed by atoms with Crippen molar-refractivity contribution in [2.75, 3.05) is 5.32 Å². The molecule has 2 aromatic heterocycles. The van der Waals surface area contributed by atoms with Crippen molar-refractivity contribution in [3.05, 3.63) is 70.7 Å². The van der Waals surface area contributed by atoms with Gasteiger partial charge in [0.05, 0.1) is 42.3 Å². The monoisotopic (exact) mass is 340 g/mol. The number of nitro groups is 1. The Labute approximate surface area is 143 Å². The molecule has 0 atom stereocenters. The van der Waals surface area contributed by atoms with Crippen molar-refractivity contribution in [1.29, 1.82) is 0 Å². The Balaban J connectivity index is 1.50. The second-order valence-corrected chi connectivity index (χ2v) is 5.40. The summed E-state index contributed by atoms with van der Waals surface area (Å²) in [5, 5.41) is 21.3. The summed E-state index contributed by atoms with van der Waals surface area (Å²) in [6, 6.07) is 11.2. The van der Waals surface area contributed by atoms with Crippen LogP contribution in [0.25, 0.3) is 0 Å². The number of nitrogens with zero attached hydrogens (tertiary/aromatic N) is 5. The molecule has 0 bridgehead atoms. The van der Waals surface area contributed by atoms with Gasteiger partial charge in [0.2, 0.25) is 5.91 Å². The maximum absolute atomic E-state index is 12.0. The van der Waals surface area contributed by atoms with Crippen LogP contribution in [0.15, 0.2) is 55.0 Å². The second kappa shape index (κ2) is 7.39. The summed E-state index contributed by atoms with van der Waals surface area (Å²) in [5.41, 5.74) is 1.72. The lowest BCUT2D eigenvalue weighted by Gasteiger charge is -2.02. The molecule has 3 rings (SSSR count). The lowest BCUT2D eigenvalue weighted by atomic mass is 10.2. The van der Waals surface area contributed by atoms with E-state index < -0.39 is 4.92 Å². The van der Waals surface area contributed by atoms with Crippen LogP contribution in [0.2, 0.25) is 0 Å². The first-order valence-corrected chi connectivity index (χ1v) is 7.64. The Bertz CT molecular complexity index is 871. The quantitative estimate of drug-likeness (QED) is 0.523. The van der Waals surface area contributed by atoms with Gasteiger partial charge in [-0.3, -0.25) is 9.48 Å². The fourth-order valence-electron chi connectivity index (χ4n) is 2.30. The molecular weight excluding hydrogens is 324 g/mol. The summed E-state index contributed by atoms with van der Waals surface area (Å²) < 4.78 is 3.11. The van der Waals surface area contributed by atoms with E-state index in [0.29, 0.717) is 12.2 Å². The zero-order valence-electron chi connectivity index (χ0n) is 13.3. The fourth-order valence-corrected chi connectivity index (χ4v) is 2.30. The summed E-state index contributed by atoms with van der Waals surface area (Å²) in [7, 11) is 0. The molecule has 128 valence electrons. The van der Waals surface area contributed by atoms with Crippen molar-refractivity contribution in [1.82, 2.24) is 19.6 Å². The number of amides is 1. The molecule has 0 unspecified atom stereocenters. The van der Waals surface area contributed by atoms with Gasteiger partial charge in [0.1, 0.15) is 0 Å². The molecular formula is C16H16N6O3. The smallest absolute Gasteiger partial charge is 0.358 e. The van der Waals surface area contributed by atoms with E-state index in [2.05, 4.69) is 15.5 Å². The van der Waals surface area contributed by atoms with Gasteiger partial charge in [-0.2, -0.15) is 9.78 Å². The number of rotatable bonds is 7. The Hall–Kier alpha value is -3.49. The molecule has 25 heavy (non-hydrogen) atoms. The molecule has 3 aromatic rings. The van der Waals surface area contributed by atoms with E-state index in [1.54, 1.807) is 17.1 Å². The molecule has 0 spiro atoms. The third kappa shape index (κ3) is 4.50. The first kappa shape index (κ1) is 16.4. The van der Waals surface area contributed by atoms with Gasteiger partial charge in [-0.1, -0.05) is 30.3 Å². The van der Waals surface area contributed by atoms with Crippen LogP contribution in [0.1, 0.15) is 12.0 Å². The van der Waals surface area contributed by atoms with Crippen molar-refractivity contribution < 1.29 is 9.72 Å². The molecule has 1 amide bonds. The van der Waals surface area contributed by atoms with Gasteiger partial charge >= 0.3 is 5.82 Å². The van der Waals surface area contributed by atoms with Crippen LogP contribution in [0, 0.1) is 10.1 Å². The lowest BCUT2D eigenvalue weighted by molar-refractivity contribution is -0.389. The molecule has 9 heteroatoms. The number of benzene rings is 1. The third-order valence-corrected chi connectivity index (χ3v) is 3.49. The highest BCUT2D eigenvalue weighted by atomic mass is 16.6. The minimum absolute atomic E-state index is 0.155. The molecule has 0 radical (unpaired) electrons. The largest absolute Gasteiger partial charge is 0.389 e. The van der Waals surface area contributed by atoms with Gasteiger partial charge in [-0.05, 0) is 10.5 Å². The second-order valence-electron chi connectivity index (χ2n) is 5.40. The molecule has 1 aromatic carbocycles. The Morgan fingerprint density at radius 3 is 2.72 bits per heavy atom. The summed E-state index contributed by atoms with van der Waals surface area (Å²) in [6.45, 7) is 0.880. The maximum Gasteiger partial charge on any atom is 0.389 e. The van der Waals surface area contributed by atoms with Crippen LogP contribution in [-0.2, 0) is 17.9 Å². The summed E-state index contributed by atoms with van der Waals surface area (Å²) in [4.78, 5) is 22.0. The summed E-state index contributed by atoms with van der Waals surface area (Å²) >= 11 is 0. The minimum Gasteiger partial charge on any atom is -0.358 e. The van der Waals surface area contributed by atoms with E-state index in [4.69, 9.17) is 0 Å². The molecule has 0 saturated heterocycles. The maximum atomic E-state index is 12.0. The van der Waals surface area contributed by atoms with Crippen LogP contribution in [0.5, 0.6) is 0 Å². The first-order chi connectivity index (χ1) is 12.1. The summed E-state index contributed by atoms with van der Waals surface area (Å²) in [6.07, 6.45) is 4.97. The molecule has 1 N–H and O–H groups in total. The normalized spacial score (nSPS) is 10.6. The number of carbonyl (C=O) groups is 1. The van der Waals surface area contributed by atoms with E-state index in [-0.39, 0.29) is 24.7 Å². The highest BCUT2D eigenvalue weighted by Crippen LogP contribution is 2.09. The van der Waals surface area contributed by atoms with Gasteiger partial charge in [-0.25, -0.2) is 0 Å². The van der Waals surface area contributed by atoms with Crippen molar-refractivity contribution >= 4 is 17.4 Å². The van der Waals surface area contributed by atoms with Crippen LogP contribution >= 0.6 is 0 Å². The predicted molar refractivity (Wildman–Crippen MR) is 89.9 cm³/mol. The van der Waals surface area contributed by atoms with Gasteiger partial charge in [0, 0.05) is 12.6 Å². The van der Waals surface area contributed by atoms with Crippen molar-refractivity contribution in [2.45, 2.75) is 19.5 Å². The standard InChI is InChI=1S/C16H16N6O3/c23-16(7-9-20-8-6-15(19-20)22(24)25)18-14-10-17-21(12-14)11-13-4-2-1-3-5-13/h1-6,8,10,12H,7,9,11H2,(H,18,23). The number of anilines is 1. The van der Waals surface area contributed by atoms with E-state index in [9.17, 15) is 14.9 Å². The molecule has 2 heterocycles. The fraction of sp³-hybridized carbons (Fsp3) is 0.188. The number of hydrogen-bond donors (Lipinski definition) is 1. The van der Waals surface area contributed by atoms with Crippen molar-refractivity contribution in [3.8, 4) is 0 Å². The molecule has 0 aliphatic heterocycles. The van der Waals surface area contributed by atoms with Crippen LogP contribution in [0.4, 0.5) is 11.5 Å². The van der Waals surface area contributed by atoms with Gasteiger partial charge in [0.15, 0.2) is 0 Å². The Morgan fingerprint density at radius 2 is 2.00 bits per heavy atom. The Morgan fingerprint density at radius 1 is 1.20 bits per heavy atom. The number of nitrogens with one attached hydrogen (secondary N) is 1. The number of aryl methyl sites for hydroxylation is 1. The van der Waals surface area contributed by atoms with Crippen LogP contribution < -0.4 is 5.32 Å². The van der Waals surface area contributed by atoms with E-state index in [1.807, 2.05) is 30.3 Å². The highest BCUT2D eigenvalue weighted by molar-refractivity contribution is 5.90. The van der Waals surface area contributed by atoms with Crippen molar-refractivity contribution in [2.24, 2.45) is 0 Å². The van der Waals surface area contributed by atoms with Crippen molar-refractivity contribution in [3.63, 3.8) is 0 Å². The zero-order chi connectivity index (χ0) is 17.6. The molecule has 0 aliphatic rings. The zero-order valence-corrected chi connectivity index (χ0v) is 13.3. The SMILES string of the molecule is O=C(CCn1ccc([N+](=O)[O-])n1)Nc1cnn(Cc2ccccc2)c1. The van der Waals surface area contributed by atoms with Crippen LogP contribution in [-0.4, -0.2) is 30.4 Å². The minimum atomic E-state index is -0.572. The average molecular weight is 340 g/mol. The van der Waals surface area contributed by atoms with Gasteiger partial charge in [-0.15, -0.1) is 0 Å². The van der Waals surface area contributed by atoms with E-state index in [1.165, 1.54) is 16.9 Å². The molecule has 9 nitrogen and oxygen atoms in total. The van der Waals surface area contributed by atoms with E-state index in [0.717, 1.165) is 5.56 Å². The molecule has 0 aliphatic carbocycles. The highest BCUT2D eigenvalue weighted by Gasteiger charge is 2.12. The number of carbonyl (C=O) groups excluding carboxylic acids is 1. The number of hydrogen-bond acceptors (Lipinski definition) is 5. The topological polar surface area (TPSA) is 108 Å². The van der Waals surface area contributed by atoms with Crippen LogP contribution in [0.3, 0.4) is 0 Å².